The van der Waals surface area contributed by atoms with Crippen molar-refractivity contribution in [2.45, 2.75) is 19.4 Å². The largest absolute Gasteiger partial charge is 0.392 e. The topological polar surface area (TPSA) is 76.6 Å². The van der Waals surface area contributed by atoms with Gasteiger partial charge in [-0.3, -0.25) is 14.5 Å². The minimum Gasteiger partial charge on any atom is -0.392 e. The zero-order valence-electron chi connectivity index (χ0n) is 13.9. The molecule has 3 rings (SSSR count). The number of para-hydroxylation sites is 1. The first-order valence-electron chi connectivity index (χ1n) is 8.40. The lowest BCUT2D eigenvalue weighted by Gasteiger charge is -2.35. The summed E-state index contributed by atoms with van der Waals surface area (Å²) in [4.78, 5) is 31.6. The van der Waals surface area contributed by atoms with Crippen molar-refractivity contribution in [3.8, 4) is 0 Å². The van der Waals surface area contributed by atoms with E-state index in [-0.39, 0.29) is 23.1 Å². The average molecular weight is 329 g/mol. The third-order valence-corrected chi connectivity index (χ3v) is 4.58. The first-order valence-corrected chi connectivity index (χ1v) is 8.40. The van der Waals surface area contributed by atoms with E-state index in [2.05, 4.69) is 9.88 Å². The van der Waals surface area contributed by atoms with Gasteiger partial charge >= 0.3 is 0 Å². The molecular weight excluding hydrogens is 306 g/mol. The van der Waals surface area contributed by atoms with Crippen LogP contribution in [0, 0.1) is 0 Å². The van der Waals surface area contributed by atoms with Crippen LogP contribution in [-0.4, -0.2) is 64.6 Å². The van der Waals surface area contributed by atoms with Crippen molar-refractivity contribution in [2.24, 2.45) is 0 Å². The van der Waals surface area contributed by atoms with Crippen molar-refractivity contribution in [3.63, 3.8) is 0 Å². The Bertz CT molecular complexity index is 778. The molecule has 1 fully saturated rings. The summed E-state index contributed by atoms with van der Waals surface area (Å²) < 4.78 is 0. The van der Waals surface area contributed by atoms with E-state index in [9.17, 15) is 14.7 Å². The molecule has 1 aliphatic heterocycles. The number of aliphatic hydroxyl groups excluding tert-OH is 1. The number of carbonyl (C=O) groups is 1. The second-order valence-corrected chi connectivity index (χ2v) is 6.25. The van der Waals surface area contributed by atoms with Crippen molar-refractivity contribution >= 4 is 16.8 Å². The van der Waals surface area contributed by atoms with Crippen molar-refractivity contribution in [3.05, 3.63) is 46.2 Å². The molecule has 0 bridgehead atoms. The number of amides is 1. The van der Waals surface area contributed by atoms with Crippen molar-refractivity contribution < 1.29 is 9.90 Å². The van der Waals surface area contributed by atoms with E-state index >= 15 is 0 Å². The van der Waals surface area contributed by atoms with E-state index in [1.807, 2.05) is 31.2 Å². The van der Waals surface area contributed by atoms with Crippen LogP contribution in [0.5, 0.6) is 0 Å². The standard InChI is InChI=1S/C18H23N3O3/c1-2-14(22)12-20-7-9-21(10-8-20)18(24)15-11-13-5-3-4-6-16(13)19-17(15)23/h3-6,11,14,22H,2,7-10,12H2,1H3,(H,19,23)/t14-/m0/s1. The van der Waals surface area contributed by atoms with Crippen LogP contribution < -0.4 is 5.56 Å². The second kappa shape index (κ2) is 7.15. The number of aromatic amines is 1. The van der Waals surface area contributed by atoms with Crippen LogP contribution in [0.3, 0.4) is 0 Å². The van der Waals surface area contributed by atoms with Gasteiger partial charge < -0.3 is 15.0 Å². The molecule has 2 heterocycles. The van der Waals surface area contributed by atoms with Gasteiger partial charge in [-0.25, -0.2) is 0 Å². The lowest BCUT2D eigenvalue weighted by atomic mass is 10.1. The number of hydrogen-bond donors (Lipinski definition) is 2. The smallest absolute Gasteiger partial charge is 0.261 e. The number of fused-ring (bicyclic) bond motifs is 1. The Morgan fingerprint density at radius 3 is 2.67 bits per heavy atom. The summed E-state index contributed by atoms with van der Waals surface area (Å²) in [6.07, 6.45) is 0.404. The van der Waals surface area contributed by atoms with E-state index in [0.29, 0.717) is 32.7 Å². The molecule has 1 aliphatic rings. The third-order valence-electron chi connectivity index (χ3n) is 4.58. The number of β-amino-alcohol motifs (C(OH)–C–C–N with tert-alkyl or cyclic N) is 1. The average Bonchev–Trinajstić information content (AvgIpc) is 2.61. The molecule has 0 aliphatic carbocycles. The van der Waals surface area contributed by atoms with E-state index in [1.54, 1.807) is 11.0 Å². The number of benzene rings is 1. The van der Waals surface area contributed by atoms with Crippen LogP contribution >= 0.6 is 0 Å². The highest BCUT2D eigenvalue weighted by Crippen LogP contribution is 2.13. The van der Waals surface area contributed by atoms with Gasteiger partial charge in [-0.2, -0.15) is 0 Å². The molecule has 6 nitrogen and oxygen atoms in total. The van der Waals surface area contributed by atoms with Gasteiger partial charge in [0.2, 0.25) is 0 Å². The Balaban J connectivity index is 1.72. The molecule has 1 saturated heterocycles. The van der Waals surface area contributed by atoms with E-state index in [1.165, 1.54) is 0 Å². The number of rotatable bonds is 4. The molecule has 0 spiro atoms. The van der Waals surface area contributed by atoms with Gasteiger partial charge in [-0.15, -0.1) is 0 Å². The first kappa shape index (κ1) is 16.7. The number of aliphatic hydroxyl groups is 1. The van der Waals surface area contributed by atoms with Crippen molar-refractivity contribution in [1.82, 2.24) is 14.8 Å². The summed E-state index contributed by atoms with van der Waals surface area (Å²) in [5.74, 6) is -0.224. The molecule has 2 aromatic rings. The Hall–Kier alpha value is -2.18. The zero-order valence-corrected chi connectivity index (χ0v) is 13.9. The molecule has 1 aromatic heterocycles. The number of pyridine rings is 1. The molecule has 0 saturated carbocycles. The summed E-state index contributed by atoms with van der Waals surface area (Å²) in [6.45, 7) is 5.16. The molecule has 24 heavy (non-hydrogen) atoms. The fourth-order valence-corrected chi connectivity index (χ4v) is 3.04. The zero-order chi connectivity index (χ0) is 17.1. The monoisotopic (exact) mass is 329 g/mol. The Morgan fingerprint density at radius 2 is 1.96 bits per heavy atom. The fourth-order valence-electron chi connectivity index (χ4n) is 3.04. The molecule has 0 radical (unpaired) electrons. The Morgan fingerprint density at radius 1 is 1.25 bits per heavy atom. The summed E-state index contributed by atoms with van der Waals surface area (Å²) in [7, 11) is 0. The van der Waals surface area contributed by atoms with Gasteiger partial charge in [-0.05, 0) is 23.9 Å². The van der Waals surface area contributed by atoms with Gasteiger partial charge in [0, 0.05) is 38.2 Å². The third kappa shape index (κ3) is 3.49. The minimum absolute atomic E-state index is 0.191. The molecule has 0 unspecified atom stereocenters. The predicted octanol–water partition coefficient (Wildman–Crippen LogP) is 1.06. The van der Waals surface area contributed by atoms with Crippen LogP contribution in [0.4, 0.5) is 0 Å². The molecule has 128 valence electrons. The van der Waals surface area contributed by atoms with Crippen molar-refractivity contribution in [2.75, 3.05) is 32.7 Å². The molecule has 6 heteroatoms. The molecule has 2 N–H and O–H groups in total. The maximum absolute atomic E-state index is 12.7. The van der Waals surface area contributed by atoms with Crippen LogP contribution in [0.1, 0.15) is 23.7 Å². The summed E-state index contributed by atoms with van der Waals surface area (Å²) in [6, 6.07) is 9.11. The second-order valence-electron chi connectivity index (χ2n) is 6.25. The minimum atomic E-state index is -0.345. The normalized spacial score (nSPS) is 17.2. The summed E-state index contributed by atoms with van der Waals surface area (Å²) >= 11 is 0. The highest BCUT2D eigenvalue weighted by molar-refractivity contribution is 5.97. The summed E-state index contributed by atoms with van der Waals surface area (Å²) in [5, 5.41) is 10.6. The highest BCUT2D eigenvalue weighted by Gasteiger charge is 2.24. The van der Waals surface area contributed by atoms with Gasteiger partial charge in [0.15, 0.2) is 0 Å². The lowest BCUT2D eigenvalue weighted by molar-refractivity contribution is 0.0522. The van der Waals surface area contributed by atoms with Crippen LogP contribution in [0.25, 0.3) is 10.9 Å². The maximum atomic E-state index is 12.7. The number of nitrogens with one attached hydrogen (secondary N) is 1. The number of H-pyrrole nitrogens is 1. The van der Waals surface area contributed by atoms with Gasteiger partial charge in [0.05, 0.1) is 6.10 Å². The van der Waals surface area contributed by atoms with Crippen LogP contribution in [0.15, 0.2) is 35.1 Å². The van der Waals surface area contributed by atoms with E-state index in [0.717, 1.165) is 17.3 Å². The van der Waals surface area contributed by atoms with Gasteiger partial charge in [0.1, 0.15) is 5.56 Å². The quantitative estimate of drug-likeness (QED) is 0.879. The summed E-state index contributed by atoms with van der Waals surface area (Å²) in [5.41, 5.74) is 0.579. The molecular formula is C18H23N3O3. The van der Waals surface area contributed by atoms with E-state index < -0.39 is 0 Å². The molecule has 1 aromatic carbocycles. The number of piperazine rings is 1. The van der Waals surface area contributed by atoms with Crippen LogP contribution in [-0.2, 0) is 0 Å². The SMILES string of the molecule is CC[C@H](O)CN1CCN(C(=O)c2cc3ccccc3[nH]c2=O)CC1. The van der Waals surface area contributed by atoms with Crippen molar-refractivity contribution in [1.29, 1.82) is 0 Å². The number of aromatic nitrogens is 1. The lowest BCUT2D eigenvalue weighted by Crippen LogP contribution is -2.51. The molecule has 1 atom stereocenters. The molecule has 1 amide bonds. The van der Waals surface area contributed by atoms with Gasteiger partial charge in [-0.1, -0.05) is 25.1 Å². The number of hydrogen-bond acceptors (Lipinski definition) is 4. The predicted molar refractivity (Wildman–Crippen MR) is 93.2 cm³/mol. The number of carbonyl (C=O) groups excluding carboxylic acids is 1. The van der Waals surface area contributed by atoms with Crippen LogP contribution in [0.2, 0.25) is 0 Å². The van der Waals surface area contributed by atoms with E-state index in [4.69, 9.17) is 0 Å². The first-order chi connectivity index (χ1) is 11.6. The Kier molecular flexibility index (Phi) is 4.97. The fraction of sp³-hybridized carbons (Fsp3) is 0.444. The van der Waals surface area contributed by atoms with Gasteiger partial charge in [0.25, 0.3) is 11.5 Å². The highest BCUT2D eigenvalue weighted by atomic mass is 16.3. The maximum Gasteiger partial charge on any atom is 0.261 e. The Labute approximate surface area is 140 Å². The number of nitrogens with zero attached hydrogens (tertiary/aromatic N) is 2.